The van der Waals surface area contributed by atoms with Gasteiger partial charge in [0.05, 0.1) is 11.6 Å². The number of terminal acetylenes is 1. The molecule has 1 saturated carbocycles. The molecule has 1 N–H and O–H groups in total. The first kappa shape index (κ1) is 12.9. The number of nitrogens with one attached hydrogen (secondary N) is 1. The standard InChI is InChI=1S/C15H25NO/c1-3-13(4-2)16-14-8-11-17-15(12-14)9-6-5-7-10-15/h1,13-14,16H,4-12H2,2H3. The molecule has 2 atom stereocenters. The Balaban J connectivity index is 1.90. The third-order valence-corrected chi connectivity index (χ3v) is 4.30. The Kier molecular flexibility index (Phi) is 4.48. The molecule has 1 heterocycles. The Morgan fingerprint density at radius 2 is 2.18 bits per heavy atom. The average molecular weight is 235 g/mol. The van der Waals surface area contributed by atoms with Gasteiger partial charge in [0, 0.05) is 12.6 Å². The predicted molar refractivity (Wildman–Crippen MR) is 70.8 cm³/mol. The van der Waals surface area contributed by atoms with Gasteiger partial charge < -0.3 is 10.1 Å². The number of hydrogen-bond acceptors (Lipinski definition) is 2. The van der Waals surface area contributed by atoms with Crippen LogP contribution in [0.25, 0.3) is 0 Å². The maximum atomic E-state index is 6.09. The zero-order valence-corrected chi connectivity index (χ0v) is 11.0. The molecule has 0 aromatic rings. The zero-order valence-electron chi connectivity index (χ0n) is 11.0. The van der Waals surface area contributed by atoms with Gasteiger partial charge in [-0.25, -0.2) is 0 Å². The van der Waals surface area contributed by atoms with Gasteiger partial charge in [0.25, 0.3) is 0 Å². The van der Waals surface area contributed by atoms with Crippen molar-refractivity contribution >= 4 is 0 Å². The molecule has 0 aromatic carbocycles. The zero-order chi connectivity index (χ0) is 12.1. The predicted octanol–water partition coefficient (Wildman–Crippen LogP) is 2.87. The van der Waals surface area contributed by atoms with E-state index >= 15 is 0 Å². The van der Waals surface area contributed by atoms with Crippen molar-refractivity contribution in [3.63, 3.8) is 0 Å². The summed E-state index contributed by atoms with van der Waals surface area (Å²) < 4.78 is 6.09. The van der Waals surface area contributed by atoms with Crippen LogP contribution >= 0.6 is 0 Å². The van der Waals surface area contributed by atoms with Gasteiger partial charge in [-0.2, -0.15) is 0 Å². The van der Waals surface area contributed by atoms with Gasteiger partial charge in [-0.1, -0.05) is 32.1 Å². The number of rotatable bonds is 3. The van der Waals surface area contributed by atoms with Gasteiger partial charge in [-0.3, -0.25) is 0 Å². The Hall–Kier alpha value is -0.520. The summed E-state index contributed by atoms with van der Waals surface area (Å²) in [7, 11) is 0. The second kappa shape index (κ2) is 5.89. The molecule has 17 heavy (non-hydrogen) atoms. The van der Waals surface area contributed by atoms with Crippen LogP contribution in [0.1, 0.15) is 58.3 Å². The van der Waals surface area contributed by atoms with E-state index in [1.54, 1.807) is 0 Å². The summed E-state index contributed by atoms with van der Waals surface area (Å²) in [6.07, 6.45) is 15.4. The highest BCUT2D eigenvalue weighted by Crippen LogP contribution is 2.38. The minimum atomic E-state index is 0.182. The van der Waals surface area contributed by atoms with Gasteiger partial charge in [-0.15, -0.1) is 6.42 Å². The summed E-state index contributed by atoms with van der Waals surface area (Å²) in [5, 5.41) is 3.61. The lowest BCUT2D eigenvalue weighted by molar-refractivity contribution is -0.109. The molecular formula is C15H25NO. The quantitative estimate of drug-likeness (QED) is 0.760. The molecule has 0 radical (unpaired) electrons. The minimum absolute atomic E-state index is 0.182. The van der Waals surface area contributed by atoms with Crippen molar-refractivity contribution in [1.29, 1.82) is 0 Å². The monoisotopic (exact) mass is 235 g/mol. The van der Waals surface area contributed by atoms with Crippen LogP contribution < -0.4 is 5.32 Å². The molecule has 0 aromatic heterocycles. The van der Waals surface area contributed by atoms with E-state index in [0.29, 0.717) is 6.04 Å². The van der Waals surface area contributed by atoms with Gasteiger partial charge in [0.1, 0.15) is 0 Å². The lowest BCUT2D eigenvalue weighted by atomic mass is 9.78. The second-order valence-electron chi connectivity index (χ2n) is 5.58. The van der Waals surface area contributed by atoms with E-state index < -0.39 is 0 Å². The lowest BCUT2D eigenvalue weighted by Crippen LogP contribution is -2.50. The molecule has 2 rings (SSSR count). The normalized spacial score (nSPS) is 29.8. The topological polar surface area (TPSA) is 21.3 Å². The Bertz CT molecular complexity index is 270. The average Bonchev–Trinajstić information content (AvgIpc) is 2.37. The number of hydrogen-bond donors (Lipinski definition) is 1. The first-order valence-corrected chi connectivity index (χ1v) is 7.14. The largest absolute Gasteiger partial charge is 0.375 e. The molecule has 1 aliphatic heterocycles. The highest BCUT2D eigenvalue weighted by molar-refractivity contribution is 5.01. The molecular weight excluding hydrogens is 210 g/mol. The maximum absolute atomic E-state index is 6.09. The summed E-state index contributed by atoms with van der Waals surface area (Å²) in [5.74, 6) is 2.84. The van der Waals surface area contributed by atoms with Crippen molar-refractivity contribution in [3.8, 4) is 12.3 Å². The van der Waals surface area contributed by atoms with Crippen molar-refractivity contribution < 1.29 is 4.74 Å². The lowest BCUT2D eigenvalue weighted by Gasteiger charge is -2.44. The molecule has 1 spiro atoms. The van der Waals surface area contributed by atoms with Crippen molar-refractivity contribution in [2.75, 3.05) is 6.61 Å². The van der Waals surface area contributed by atoms with E-state index in [4.69, 9.17) is 11.2 Å². The summed E-state index contributed by atoms with van der Waals surface area (Å²) in [6, 6.07) is 0.793. The van der Waals surface area contributed by atoms with Crippen LogP contribution in [-0.2, 0) is 4.74 Å². The van der Waals surface area contributed by atoms with Crippen molar-refractivity contribution in [2.24, 2.45) is 0 Å². The maximum Gasteiger partial charge on any atom is 0.0697 e. The fourth-order valence-electron chi connectivity index (χ4n) is 3.28. The SMILES string of the molecule is C#CC(CC)NC1CCOC2(CCCCC2)C1. The van der Waals surface area contributed by atoms with Gasteiger partial charge >= 0.3 is 0 Å². The molecule has 2 fully saturated rings. The second-order valence-corrected chi connectivity index (χ2v) is 5.58. The third kappa shape index (κ3) is 3.24. The third-order valence-electron chi connectivity index (χ3n) is 4.30. The van der Waals surface area contributed by atoms with E-state index in [1.165, 1.54) is 32.1 Å². The highest BCUT2D eigenvalue weighted by atomic mass is 16.5. The van der Waals surface area contributed by atoms with Crippen LogP contribution in [-0.4, -0.2) is 24.3 Å². The van der Waals surface area contributed by atoms with Crippen LogP contribution in [0.15, 0.2) is 0 Å². The minimum Gasteiger partial charge on any atom is -0.375 e. The fraction of sp³-hybridized carbons (Fsp3) is 0.867. The van der Waals surface area contributed by atoms with E-state index in [0.717, 1.165) is 25.9 Å². The smallest absolute Gasteiger partial charge is 0.0697 e. The van der Waals surface area contributed by atoms with E-state index in [-0.39, 0.29) is 11.6 Å². The van der Waals surface area contributed by atoms with Gasteiger partial charge in [0.2, 0.25) is 0 Å². The fourth-order valence-corrected chi connectivity index (χ4v) is 3.28. The highest BCUT2D eigenvalue weighted by Gasteiger charge is 2.38. The van der Waals surface area contributed by atoms with Crippen molar-refractivity contribution in [2.45, 2.75) is 76.0 Å². The first-order valence-electron chi connectivity index (χ1n) is 7.14. The molecule has 2 heteroatoms. The van der Waals surface area contributed by atoms with Crippen molar-refractivity contribution in [1.82, 2.24) is 5.32 Å². The van der Waals surface area contributed by atoms with Crippen LogP contribution in [0.2, 0.25) is 0 Å². The summed E-state index contributed by atoms with van der Waals surface area (Å²) in [6.45, 7) is 3.05. The first-order chi connectivity index (χ1) is 8.28. The molecule has 2 unspecified atom stereocenters. The van der Waals surface area contributed by atoms with Gasteiger partial charge in [-0.05, 0) is 32.1 Å². The molecule has 96 valence electrons. The van der Waals surface area contributed by atoms with Gasteiger partial charge in [0.15, 0.2) is 0 Å². The summed E-state index contributed by atoms with van der Waals surface area (Å²) >= 11 is 0. The van der Waals surface area contributed by atoms with Crippen molar-refractivity contribution in [3.05, 3.63) is 0 Å². The Labute approximate surface area is 105 Å². The Morgan fingerprint density at radius 3 is 2.82 bits per heavy atom. The van der Waals surface area contributed by atoms with Crippen LogP contribution in [0.3, 0.4) is 0 Å². The molecule has 0 bridgehead atoms. The van der Waals surface area contributed by atoms with E-state index in [1.807, 2.05) is 0 Å². The molecule has 1 aliphatic carbocycles. The summed E-state index contributed by atoms with van der Waals surface area (Å²) in [5.41, 5.74) is 0.182. The van der Waals surface area contributed by atoms with E-state index in [2.05, 4.69) is 18.2 Å². The molecule has 2 nitrogen and oxygen atoms in total. The number of ether oxygens (including phenoxy) is 1. The molecule has 0 amide bonds. The van der Waals surface area contributed by atoms with E-state index in [9.17, 15) is 0 Å². The summed E-state index contributed by atoms with van der Waals surface area (Å²) in [4.78, 5) is 0. The van der Waals surface area contributed by atoms with Crippen LogP contribution in [0.5, 0.6) is 0 Å². The Morgan fingerprint density at radius 1 is 1.41 bits per heavy atom. The van der Waals surface area contributed by atoms with Crippen LogP contribution in [0, 0.1) is 12.3 Å². The van der Waals surface area contributed by atoms with Crippen LogP contribution in [0.4, 0.5) is 0 Å². The molecule has 2 aliphatic rings. The molecule has 1 saturated heterocycles.